The van der Waals surface area contributed by atoms with Gasteiger partial charge in [-0.1, -0.05) is 23.8 Å². The first-order valence-corrected chi connectivity index (χ1v) is 9.18. The molecule has 0 aliphatic carbocycles. The predicted molar refractivity (Wildman–Crippen MR) is 104 cm³/mol. The molecule has 0 aromatic heterocycles. The van der Waals surface area contributed by atoms with Gasteiger partial charge >= 0.3 is 0 Å². The summed E-state index contributed by atoms with van der Waals surface area (Å²) in [6, 6.07) is 13.6. The monoisotopic (exact) mass is 350 g/mol. The predicted octanol–water partition coefficient (Wildman–Crippen LogP) is 4.10. The molecule has 3 rings (SSSR count). The van der Waals surface area contributed by atoms with Gasteiger partial charge in [0.05, 0.1) is 0 Å². The Morgan fingerprint density at radius 2 is 1.58 bits per heavy atom. The van der Waals surface area contributed by atoms with E-state index in [4.69, 9.17) is 0 Å². The Balaban J connectivity index is 1.56. The Labute approximate surface area is 155 Å². The van der Waals surface area contributed by atoms with Crippen molar-refractivity contribution in [3.8, 4) is 0 Å². The molecule has 2 aromatic rings. The van der Waals surface area contributed by atoms with Crippen LogP contribution in [0.25, 0.3) is 0 Å². The molecule has 1 fully saturated rings. The number of hydrogen-bond acceptors (Lipinski definition) is 2. The summed E-state index contributed by atoms with van der Waals surface area (Å²) < 4.78 is 0. The van der Waals surface area contributed by atoms with Gasteiger partial charge in [0.15, 0.2) is 0 Å². The molecule has 0 radical (unpaired) electrons. The number of carbonyl (C=O) groups is 2. The van der Waals surface area contributed by atoms with Crippen LogP contribution in [0.5, 0.6) is 0 Å². The number of benzene rings is 2. The number of carbonyl (C=O) groups excluding carboxylic acids is 2. The van der Waals surface area contributed by atoms with Crippen molar-refractivity contribution in [2.45, 2.75) is 33.6 Å². The summed E-state index contributed by atoms with van der Waals surface area (Å²) in [4.78, 5) is 27.0. The summed E-state index contributed by atoms with van der Waals surface area (Å²) in [5.74, 6) is 0.0673. The van der Waals surface area contributed by atoms with Gasteiger partial charge in [0.1, 0.15) is 0 Å². The van der Waals surface area contributed by atoms with Crippen LogP contribution in [0.2, 0.25) is 0 Å². The van der Waals surface area contributed by atoms with Crippen molar-refractivity contribution < 1.29 is 9.59 Å². The van der Waals surface area contributed by atoms with Gasteiger partial charge in [0, 0.05) is 30.3 Å². The fourth-order valence-electron chi connectivity index (χ4n) is 3.28. The number of amides is 2. The summed E-state index contributed by atoms with van der Waals surface area (Å²) >= 11 is 0. The Kier molecular flexibility index (Phi) is 5.40. The van der Waals surface area contributed by atoms with Crippen molar-refractivity contribution in [3.05, 3.63) is 64.7 Å². The van der Waals surface area contributed by atoms with Crippen molar-refractivity contribution in [1.29, 1.82) is 0 Å². The number of aryl methyl sites for hydroxylation is 3. The van der Waals surface area contributed by atoms with Gasteiger partial charge in [-0.3, -0.25) is 9.59 Å². The number of nitrogens with zero attached hydrogens (tertiary/aromatic N) is 1. The van der Waals surface area contributed by atoms with Crippen molar-refractivity contribution in [3.63, 3.8) is 0 Å². The molecule has 0 atom stereocenters. The summed E-state index contributed by atoms with van der Waals surface area (Å²) in [6.45, 7) is 7.33. The van der Waals surface area contributed by atoms with E-state index in [0.717, 1.165) is 16.8 Å². The smallest absolute Gasteiger partial charge is 0.253 e. The average molecular weight is 350 g/mol. The van der Waals surface area contributed by atoms with Gasteiger partial charge in [-0.05, 0) is 69.0 Å². The SMILES string of the molecule is Cc1ccc(NC(=O)C2CCN(C(=O)c3ccc(C)c(C)c3)CC2)cc1. The number of piperidine rings is 1. The number of rotatable bonds is 3. The highest BCUT2D eigenvalue weighted by Gasteiger charge is 2.28. The van der Waals surface area contributed by atoms with Crippen LogP contribution in [0.15, 0.2) is 42.5 Å². The molecule has 1 N–H and O–H groups in total. The van der Waals surface area contributed by atoms with Gasteiger partial charge in [0.25, 0.3) is 5.91 Å². The molecule has 26 heavy (non-hydrogen) atoms. The zero-order valence-electron chi connectivity index (χ0n) is 15.7. The number of hydrogen-bond donors (Lipinski definition) is 1. The quantitative estimate of drug-likeness (QED) is 0.906. The van der Waals surface area contributed by atoms with Crippen molar-refractivity contribution in [2.75, 3.05) is 18.4 Å². The summed E-state index contributed by atoms with van der Waals surface area (Å²) in [5, 5.41) is 2.99. The third-order valence-corrected chi connectivity index (χ3v) is 5.23. The van der Waals surface area contributed by atoms with E-state index in [2.05, 4.69) is 5.32 Å². The molecule has 4 nitrogen and oxygen atoms in total. The highest BCUT2D eigenvalue weighted by molar-refractivity contribution is 5.95. The van der Waals surface area contributed by atoms with E-state index in [1.165, 1.54) is 11.1 Å². The molecule has 0 bridgehead atoms. The van der Waals surface area contributed by atoms with Crippen LogP contribution in [-0.2, 0) is 4.79 Å². The molecule has 2 aromatic carbocycles. The summed E-state index contributed by atoms with van der Waals surface area (Å²) in [5.41, 5.74) is 5.04. The van der Waals surface area contributed by atoms with Crippen LogP contribution < -0.4 is 5.32 Å². The Morgan fingerprint density at radius 3 is 2.19 bits per heavy atom. The van der Waals surface area contributed by atoms with Crippen LogP contribution in [0.4, 0.5) is 5.69 Å². The van der Waals surface area contributed by atoms with E-state index in [-0.39, 0.29) is 17.7 Å². The minimum atomic E-state index is -0.0416. The van der Waals surface area contributed by atoms with Gasteiger partial charge in [0.2, 0.25) is 5.91 Å². The maximum atomic E-state index is 12.7. The highest BCUT2D eigenvalue weighted by Crippen LogP contribution is 2.22. The molecule has 4 heteroatoms. The van der Waals surface area contributed by atoms with Gasteiger partial charge in [-0.2, -0.15) is 0 Å². The van der Waals surface area contributed by atoms with Gasteiger partial charge in [-0.15, -0.1) is 0 Å². The minimum Gasteiger partial charge on any atom is -0.339 e. The van der Waals surface area contributed by atoms with Crippen LogP contribution in [0.1, 0.15) is 39.9 Å². The molecule has 1 heterocycles. The second kappa shape index (κ2) is 7.73. The summed E-state index contributed by atoms with van der Waals surface area (Å²) in [7, 11) is 0. The lowest BCUT2D eigenvalue weighted by atomic mass is 9.95. The average Bonchev–Trinajstić information content (AvgIpc) is 2.65. The lowest BCUT2D eigenvalue weighted by molar-refractivity contribution is -0.121. The second-order valence-electron chi connectivity index (χ2n) is 7.22. The van der Waals surface area contributed by atoms with Crippen LogP contribution >= 0.6 is 0 Å². The first kappa shape index (κ1) is 18.2. The van der Waals surface area contributed by atoms with E-state index < -0.39 is 0 Å². The lowest BCUT2D eigenvalue weighted by Gasteiger charge is -2.31. The van der Waals surface area contributed by atoms with Crippen molar-refractivity contribution in [1.82, 2.24) is 4.90 Å². The third kappa shape index (κ3) is 4.13. The fraction of sp³-hybridized carbons (Fsp3) is 0.364. The first-order chi connectivity index (χ1) is 12.4. The number of nitrogens with one attached hydrogen (secondary N) is 1. The van der Waals surface area contributed by atoms with E-state index in [1.807, 2.05) is 68.1 Å². The molecular weight excluding hydrogens is 324 g/mol. The molecule has 1 aliphatic heterocycles. The summed E-state index contributed by atoms with van der Waals surface area (Å²) in [6.07, 6.45) is 1.41. The third-order valence-electron chi connectivity index (χ3n) is 5.23. The van der Waals surface area contributed by atoms with E-state index >= 15 is 0 Å². The van der Waals surface area contributed by atoms with E-state index in [9.17, 15) is 9.59 Å². The van der Waals surface area contributed by atoms with Crippen LogP contribution in [0.3, 0.4) is 0 Å². The highest BCUT2D eigenvalue weighted by atomic mass is 16.2. The van der Waals surface area contributed by atoms with E-state index in [1.54, 1.807) is 0 Å². The Morgan fingerprint density at radius 1 is 0.923 bits per heavy atom. The maximum absolute atomic E-state index is 12.7. The largest absolute Gasteiger partial charge is 0.339 e. The molecule has 0 saturated carbocycles. The molecule has 136 valence electrons. The number of likely N-dealkylation sites (tertiary alicyclic amines) is 1. The topological polar surface area (TPSA) is 49.4 Å². The fourth-order valence-corrected chi connectivity index (χ4v) is 3.28. The molecule has 1 saturated heterocycles. The zero-order valence-corrected chi connectivity index (χ0v) is 15.7. The second-order valence-corrected chi connectivity index (χ2v) is 7.22. The van der Waals surface area contributed by atoms with E-state index in [0.29, 0.717) is 25.9 Å². The first-order valence-electron chi connectivity index (χ1n) is 9.18. The van der Waals surface area contributed by atoms with Crippen LogP contribution in [0, 0.1) is 26.7 Å². The normalized spacial score (nSPS) is 15.0. The van der Waals surface area contributed by atoms with Crippen molar-refractivity contribution in [2.24, 2.45) is 5.92 Å². The minimum absolute atomic E-state index is 0.0416. The van der Waals surface area contributed by atoms with Gasteiger partial charge in [-0.25, -0.2) is 0 Å². The van der Waals surface area contributed by atoms with Crippen molar-refractivity contribution >= 4 is 17.5 Å². The lowest BCUT2D eigenvalue weighted by Crippen LogP contribution is -2.41. The zero-order chi connectivity index (χ0) is 18.7. The molecular formula is C22H26N2O2. The Hall–Kier alpha value is -2.62. The molecule has 0 spiro atoms. The molecule has 2 amide bonds. The van der Waals surface area contributed by atoms with Crippen LogP contribution in [-0.4, -0.2) is 29.8 Å². The van der Waals surface area contributed by atoms with Gasteiger partial charge < -0.3 is 10.2 Å². The molecule has 1 aliphatic rings. The molecule has 0 unspecified atom stereocenters. The maximum Gasteiger partial charge on any atom is 0.253 e. The Bertz CT molecular complexity index is 803. The number of anilines is 1. The standard InChI is InChI=1S/C22H26N2O2/c1-15-4-8-20(9-5-15)23-21(25)18-10-12-24(13-11-18)22(26)19-7-6-16(2)17(3)14-19/h4-9,14,18H,10-13H2,1-3H3,(H,23,25).